The molecule has 2 unspecified atom stereocenters. The third-order valence-electron chi connectivity index (χ3n) is 4.08. The number of nitrogens with zero attached hydrogens (tertiary/aromatic N) is 1. The van der Waals surface area contributed by atoms with E-state index in [9.17, 15) is 5.26 Å². The predicted molar refractivity (Wildman–Crippen MR) is 76.1 cm³/mol. The fourth-order valence-electron chi connectivity index (χ4n) is 2.88. The average molecular weight is 276 g/mol. The first kappa shape index (κ1) is 13.1. The van der Waals surface area contributed by atoms with E-state index in [1.165, 1.54) is 24.2 Å². The van der Waals surface area contributed by atoms with Crippen LogP contribution in [0.15, 0.2) is 21.6 Å². The van der Waals surface area contributed by atoms with Gasteiger partial charge in [0.2, 0.25) is 0 Å². The lowest BCUT2D eigenvalue weighted by Gasteiger charge is -2.36. The number of aryl methyl sites for hydroxylation is 1. The molecule has 2 saturated carbocycles. The van der Waals surface area contributed by atoms with Crippen LogP contribution in [0.1, 0.15) is 44.3 Å². The van der Waals surface area contributed by atoms with Gasteiger partial charge in [-0.05, 0) is 51.5 Å². The highest BCUT2D eigenvalue weighted by atomic mass is 32.2. The number of nitriles is 1. The van der Waals surface area contributed by atoms with E-state index in [4.69, 9.17) is 4.42 Å². The van der Waals surface area contributed by atoms with Gasteiger partial charge in [-0.2, -0.15) is 5.26 Å². The van der Waals surface area contributed by atoms with Crippen molar-refractivity contribution in [2.24, 2.45) is 0 Å². The Labute approximate surface area is 118 Å². The molecule has 19 heavy (non-hydrogen) atoms. The Kier molecular flexibility index (Phi) is 3.60. The summed E-state index contributed by atoms with van der Waals surface area (Å²) < 4.78 is 5.36. The Morgan fingerprint density at radius 3 is 2.95 bits per heavy atom. The Bertz CT molecular complexity index is 489. The lowest BCUT2D eigenvalue weighted by Crippen LogP contribution is -2.49. The molecular weight excluding hydrogens is 256 g/mol. The van der Waals surface area contributed by atoms with Crippen molar-refractivity contribution in [3.8, 4) is 6.07 Å². The van der Waals surface area contributed by atoms with Gasteiger partial charge in [0.15, 0.2) is 0 Å². The van der Waals surface area contributed by atoms with Gasteiger partial charge in [-0.25, -0.2) is 0 Å². The SMILES string of the molecule is Cc1occc1SC1CCCC(C#N)(NC2CC2)C1. The minimum Gasteiger partial charge on any atom is -0.468 e. The molecule has 0 radical (unpaired) electrons. The van der Waals surface area contributed by atoms with Crippen molar-refractivity contribution in [2.75, 3.05) is 0 Å². The summed E-state index contributed by atoms with van der Waals surface area (Å²) in [5.74, 6) is 0.994. The first-order chi connectivity index (χ1) is 9.21. The normalized spacial score (nSPS) is 31.1. The molecule has 0 amide bonds. The molecule has 0 bridgehead atoms. The van der Waals surface area contributed by atoms with Crippen molar-refractivity contribution in [3.63, 3.8) is 0 Å². The van der Waals surface area contributed by atoms with E-state index in [0.717, 1.165) is 25.0 Å². The first-order valence-electron chi connectivity index (χ1n) is 7.10. The van der Waals surface area contributed by atoms with E-state index in [2.05, 4.69) is 11.4 Å². The molecule has 0 saturated heterocycles. The highest BCUT2D eigenvalue weighted by Crippen LogP contribution is 2.40. The van der Waals surface area contributed by atoms with Crippen LogP contribution >= 0.6 is 11.8 Å². The highest BCUT2D eigenvalue weighted by molar-refractivity contribution is 8.00. The Balaban J connectivity index is 1.66. The largest absolute Gasteiger partial charge is 0.468 e. The van der Waals surface area contributed by atoms with Gasteiger partial charge >= 0.3 is 0 Å². The third-order valence-corrected chi connectivity index (χ3v) is 5.50. The average Bonchev–Trinajstić information content (AvgIpc) is 3.13. The predicted octanol–water partition coefficient (Wildman–Crippen LogP) is 3.64. The minimum atomic E-state index is -0.283. The fraction of sp³-hybridized carbons (Fsp3) is 0.667. The molecule has 1 N–H and O–H groups in total. The second kappa shape index (κ2) is 5.22. The maximum atomic E-state index is 9.58. The first-order valence-corrected chi connectivity index (χ1v) is 7.98. The molecule has 3 nitrogen and oxygen atoms in total. The van der Waals surface area contributed by atoms with E-state index < -0.39 is 0 Å². The van der Waals surface area contributed by atoms with Crippen LogP contribution in [-0.2, 0) is 0 Å². The Morgan fingerprint density at radius 1 is 1.47 bits per heavy atom. The van der Waals surface area contributed by atoms with Crippen LogP contribution in [0.3, 0.4) is 0 Å². The summed E-state index contributed by atoms with van der Waals surface area (Å²) in [6.07, 6.45) is 8.52. The van der Waals surface area contributed by atoms with Gasteiger partial charge in [-0.15, -0.1) is 11.8 Å². The van der Waals surface area contributed by atoms with Gasteiger partial charge in [0.1, 0.15) is 11.3 Å². The van der Waals surface area contributed by atoms with Crippen LogP contribution in [0, 0.1) is 18.3 Å². The van der Waals surface area contributed by atoms with Crippen LogP contribution in [0.4, 0.5) is 0 Å². The smallest absolute Gasteiger partial charge is 0.114 e. The number of nitrogens with one attached hydrogen (secondary N) is 1. The maximum absolute atomic E-state index is 9.58. The lowest BCUT2D eigenvalue weighted by atomic mass is 9.82. The van der Waals surface area contributed by atoms with E-state index >= 15 is 0 Å². The monoisotopic (exact) mass is 276 g/mol. The summed E-state index contributed by atoms with van der Waals surface area (Å²) in [5.41, 5.74) is -0.283. The summed E-state index contributed by atoms with van der Waals surface area (Å²) in [5, 5.41) is 13.7. The van der Waals surface area contributed by atoms with E-state index in [1.807, 2.05) is 24.8 Å². The number of hydrogen-bond acceptors (Lipinski definition) is 4. The van der Waals surface area contributed by atoms with E-state index in [0.29, 0.717) is 11.3 Å². The van der Waals surface area contributed by atoms with Gasteiger partial charge < -0.3 is 4.42 Å². The van der Waals surface area contributed by atoms with Crippen LogP contribution in [0.25, 0.3) is 0 Å². The van der Waals surface area contributed by atoms with E-state index in [1.54, 1.807) is 6.26 Å². The zero-order chi connectivity index (χ0) is 13.3. The number of rotatable bonds is 4. The molecule has 0 spiro atoms. The summed E-state index contributed by atoms with van der Waals surface area (Å²) in [4.78, 5) is 1.23. The topological polar surface area (TPSA) is 49.0 Å². The second-order valence-electron chi connectivity index (χ2n) is 5.79. The zero-order valence-corrected chi connectivity index (χ0v) is 12.1. The molecular formula is C15H20N2OS. The second-order valence-corrected chi connectivity index (χ2v) is 7.13. The number of hydrogen-bond donors (Lipinski definition) is 1. The van der Waals surface area contributed by atoms with Crippen LogP contribution in [-0.4, -0.2) is 16.8 Å². The molecule has 2 atom stereocenters. The molecule has 1 aromatic heterocycles. The molecule has 2 aliphatic carbocycles. The zero-order valence-electron chi connectivity index (χ0n) is 11.3. The fourth-order valence-corrected chi connectivity index (χ4v) is 4.24. The van der Waals surface area contributed by atoms with Crippen LogP contribution in [0.5, 0.6) is 0 Å². The standard InChI is InChI=1S/C15H20N2OS/c1-11-14(6-8-18-11)19-13-3-2-7-15(9-13,10-16)17-12-4-5-12/h6,8,12-13,17H,2-5,7,9H2,1H3. The molecule has 0 aliphatic heterocycles. The molecule has 1 aromatic rings. The minimum absolute atomic E-state index is 0.283. The van der Waals surface area contributed by atoms with Gasteiger partial charge in [0, 0.05) is 16.2 Å². The van der Waals surface area contributed by atoms with Crippen molar-refractivity contribution >= 4 is 11.8 Å². The summed E-state index contributed by atoms with van der Waals surface area (Å²) >= 11 is 1.88. The van der Waals surface area contributed by atoms with Crippen LogP contribution in [0.2, 0.25) is 0 Å². The molecule has 3 rings (SSSR count). The number of furan rings is 1. The third kappa shape index (κ3) is 2.98. The molecule has 0 aromatic carbocycles. The molecule has 2 fully saturated rings. The van der Waals surface area contributed by atoms with Crippen LogP contribution < -0.4 is 5.32 Å². The van der Waals surface area contributed by atoms with Gasteiger partial charge in [-0.1, -0.05) is 0 Å². The van der Waals surface area contributed by atoms with Crippen molar-refractivity contribution in [1.29, 1.82) is 5.26 Å². The Morgan fingerprint density at radius 2 is 2.32 bits per heavy atom. The van der Waals surface area contributed by atoms with Gasteiger partial charge in [-0.3, -0.25) is 5.32 Å². The summed E-state index contributed by atoms with van der Waals surface area (Å²) in [7, 11) is 0. The van der Waals surface area contributed by atoms with Crippen molar-refractivity contribution in [2.45, 2.75) is 67.2 Å². The molecule has 2 aliphatic rings. The molecule has 102 valence electrons. The summed E-state index contributed by atoms with van der Waals surface area (Å²) in [6, 6.07) is 5.20. The summed E-state index contributed by atoms with van der Waals surface area (Å²) in [6.45, 7) is 2.01. The highest BCUT2D eigenvalue weighted by Gasteiger charge is 2.40. The molecule has 4 heteroatoms. The molecule has 1 heterocycles. The number of thioether (sulfide) groups is 1. The quantitative estimate of drug-likeness (QED) is 0.912. The van der Waals surface area contributed by atoms with Crippen molar-refractivity contribution < 1.29 is 4.42 Å². The lowest BCUT2D eigenvalue weighted by molar-refractivity contribution is 0.301. The van der Waals surface area contributed by atoms with Crippen molar-refractivity contribution in [3.05, 3.63) is 18.1 Å². The van der Waals surface area contributed by atoms with Gasteiger partial charge in [0.05, 0.1) is 12.3 Å². The van der Waals surface area contributed by atoms with Crippen molar-refractivity contribution in [1.82, 2.24) is 5.32 Å². The Hall–Kier alpha value is -0.920. The van der Waals surface area contributed by atoms with E-state index in [-0.39, 0.29) is 5.54 Å². The van der Waals surface area contributed by atoms with Gasteiger partial charge in [0.25, 0.3) is 0 Å². The maximum Gasteiger partial charge on any atom is 0.114 e.